The Labute approximate surface area is 159 Å². The van der Waals surface area contributed by atoms with E-state index in [2.05, 4.69) is 20.8 Å². The SMILES string of the molecule is CCCCC(=O)Nc1nnc(SCC(=O)NCc2ccccc2Cl)s1. The van der Waals surface area contributed by atoms with Crippen LogP contribution in [0.1, 0.15) is 31.7 Å². The lowest BCUT2D eigenvalue weighted by atomic mass is 10.2. The number of rotatable bonds is 9. The van der Waals surface area contributed by atoms with Gasteiger partial charge in [-0.1, -0.05) is 66.2 Å². The maximum Gasteiger partial charge on any atom is 0.230 e. The van der Waals surface area contributed by atoms with Gasteiger partial charge >= 0.3 is 0 Å². The summed E-state index contributed by atoms with van der Waals surface area (Å²) in [4.78, 5) is 23.6. The first-order valence-electron chi connectivity index (χ1n) is 7.84. The second kappa shape index (κ2) is 10.4. The molecule has 2 rings (SSSR count). The Morgan fingerprint density at radius 3 is 2.80 bits per heavy atom. The number of hydrogen-bond donors (Lipinski definition) is 2. The van der Waals surface area contributed by atoms with Gasteiger partial charge in [-0.15, -0.1) is 10.2 Å². The van der Waals surface area contributed by atoms with E-state index in [4.69, 9.17) is 11.6 Å². The minimum atomic E-state index is -0.117. The van der Waals surface area contributed by atoms with E-state index in [1.807, 2.05) is 25.1 Å². The molecule has 0 saturated heterocycles. The van der Waals surface area contributed by atoms with Gasteiger partial charge in [0.15, 0.2) is 4.34 Å². The monoisotopic (exact) mass is 398 g/mol. The van der Waals surface area contributed by atoms with Crippen molar-refractivity contribution in [3.05, 3.63) is 34.9 Å². The lowest BCUT2D eigenvalue weighted by Crippen LogP contribution is -2.24. The van der Waals surface area contributed by atoms with Crippen LogP contribution in [0.4, 0.5) is 5.13 Å². The Kier molecular flexibility index (Phi) is 8.17. The molecule has 0 fully saturated rings. The third-order valence-corrected chi connectivity index (χ3v) is 5.51. The van der Waals surface area contributed by atoms with Crippen LogP contribution in [0.25, 0.3) is 0 Å². The van der Waals surface area contributed by atoms with Crippen molar-refractivity contribution in [1.82, 2.24) is 15.5 Å². The van der Waals surface area contributed by atoms with E-state index in [1.165, 1.54) is 23.1 Å². The van der Waals surface area contributed by atoms with E-state index in [1.54, 1.807) is 6.07 Å². The van der Waals surface area contributed by atoms with E-state index in [9.17, 15) is 9.59 Å². The van der Waals surface area contributed by atoms with E-state index in [0.717, 1.165) is 18.4 Å². The molecule has 134 valence electrons. The van der Waals surface area contributed by atoms with Gasteiger partial charge in [-0.25, -0.2) is 0 Å². The van der Waals surface area contributed by atoms with Crippen molar-refractivity contribution in [2.24, 2.45) is 0 Å². The van der Waals surface area contributed by atoms with Gasteiger partial charge in [0.2, 0.25) is 16.9 Å². The van der Waals surface area contributed by atoms with Crippen LogP contribution in [0, 0.1) is 0 Å². The summed E-state index contributed by atoms with van der Waals surface area (Å²) >= 11 is 8.59. The highest BCUT2D eigenvalue weighted by Crippen LogP contribution is 2.25. The van der Waals surface area contributed by atoms with Gasteiger partial charge in [-0.2, -0.15) is 0 Å². The average molecular weight is 399 g/mol. The fourth-order valence-corrected chi connectivity index (χ4v) is 3.65. The first kappa shape index (κ1) is 19.7. The maximum absolute atomic E-state index is 11.9. The fourth-order valence-electron chi connectivity index (χ4n) is 1.85. The molecule has 0 bridgehead atoms. The van der Waals surface area contributed by atoms with Crippen LogP contribution in [0.15, 0.2) is 28.6 Å². The van der Waals surface area contributed by atoms with E-state index >= 15 is 0 Å². The molecule has 1 aromatic carbocycles. The van der Waals surface area contributed by atoms with Gasteiger partial charge in [0.25, 0.3) is 0 Å². The van der Waals surface area contributed by atoms with Crippen LogP contribution in [-0.2, 0) is 16.1 Å². The van der Waals surface area contributed by atoms with Crippen molar-refractivity contribution in [1.29, 1.82) is 0 Å². The van der Waals surface area contributed by atoms with Crippen molar-refractivity contribution < 1.29 is 9.59 Å². The molecule has 0 saturated carbocycles. The Morgan fingerprint density at radius 1 is 1.24 bits per heavy atom. The quantitative estimate of drug-likeness (QED) is 0.496. The number of carbonyl (C=O) groups is 2. The van der Waals surface area contributed by atoms with Gasteiger partial charge < -0.3 is 10.6 Å². The second-order valence-corrected chi connectivity index (χ2v) is 7.79. The van der Waals surface area contributed by atoms with E-state index in [-0.39, 0.29) is 17.6 Å². The Morgan fingerprint density at radius 2 is 2.04 bits per heavy atom. The summed E-state index contributed by atoms with van der Waals surface area (Å²) in [6, 6.07) is 7.38. The highest BCUT2D eigenvalue weighted by Gasteiger charge is 2.10. The van der Waals surface area contributed by atoms with Gasteiger partial charge in [0.05, 0.1) is 5.75 Å². The molecule has 1 heterocycles. The van der Waals surface area contributed by atoms with Crippen molar-refractivity contribution >= 4 is 51.6 Å². The van der Waals surface area contributed by atoms with Gasteiger partial charge in [-0.3, -0.25) is 9.59 Å². The lowest BCUT2D eigenvalue weighted by molar-refractivity contribution is -0.118. The fraction of sp³-hybridized carbons (Fsp3) is 0.375. The first-order chi connectivity index (χ1) is 12.1. The molecule has 25 heavy (non-hydrogen) atoms. The number of unbranched alkanes of at least 4 members (excludes halogenated alkanes) is 1. The molecule has 2 N–H and O–H groups in total. The zero-order valence-electron chi connectivity index (χ0n) is 13.8. The number of nitrogens with zero attached hydrogens (tertiary/aromatic N) is 2. The van der Waals surface area contributed by atoms with Crippen LogP contribution in [-0.4, -0.2) is 27.8 Å². The molecule has 2 aromatic rings. The summed E-state index contributed by atoms with van der Waals surface area (Å²) in [7, 11) is 0. The molecule has 0 spiro atoms. The molecule has 0 aliphatic carbocycles. The van der Waals surface area contributed by atoms with Crippen molar-refractivity contribution in [3.63, 3.8) is 0 Å². The summed E-state index contributed by atoms with van der Waals surface area (Å²) < 4.78 is 0.638. The minimum absolute atomic E-state index is 0.0629. The van der Waals surface area contributed by atoms with Crippen molar-refractivity contribution in [3.8, 4) is 0 Å². The molecule has 0 unspecified atom stereocenters. The number of halogens is 1. The third kappa shape index (κ3) is 7.01. The van der Waals surface area contributed by atoms with Crippen LogP contribution in [0.3, 0.4) is 0 Å². The van der Waals surface area contributed by atoms with Gasteiger partial charge in [-0.05, 0) is 18.1 Å². The number of thioether (sulfide) groups is 1. The first-order valence-corrected chi connectivity index (χ1v) is 10.0. The van der Waals surface area contributed by atoms with Crippen LogP contribution in [0.2, 0.25) is 5.02 Å². The zero-order valence-corrected chi connectivity index (χ0v) is 16.1. The standard InChI is InChI=1S/C16H19ClN4O2S2/c1-2-3-8-13(22)19-15-20-21-16(25-15)24-10-14(23)18-9-11-6-4-5-7-12(11)17/h4-7H,2-3,8-10H2,1H3,(H,18,23)(H,19,20,22). The molecule has 0 atom stereocenters. The zero-order chi connectivity index (χ0) is 18.1. The number of anilines is 1. The molecule has 0 aliphatic heterocycles. The predicted molar refractivity (Wildman–Crippen MR) is 102 cm³/mol. The third-order valence-electron chi connectivity index (χ3n) is 3.17. The molecular weight excluding hydrogens is 380 g/mol. The van der Waals surface area contributed by atoms with Gasteiger partial charge in [0, 0.05) is 18.0 Å². The van der Waals surface area contributed by atoms with E-state index in [0.29, 0.717) is 27.5 Å². The minimum Gasteiger partial charge on any atom is -0.351 e. The number of carbonyl (C=O) groups excluding carboxylic acids is 2. The second-order valence-electron chi connectivity index (χ2n) is 5.18. The number of aromatic nitrogens is 2. The van der Waals surface area contributed by atoms with Crippen LogP contribution < -0.4 is 10.6 Å². The molecule has 9 heteroatoms. The summed E-state index contributed by atoms with van der Waals surface area (Å²) in [5.74, 6) is 0.0451. The molecule has 2 amide bonds. The average Bonchev–Trinajstić information content (AvgIpc) is 3.04. The normalized spacial score (nSPS) is 10.5. The lowest BCUT2D eigenvalue weighted by Gasteiger charge is -2.05. The number of benzene rings is 1. The van der Waals surface area contributed by atoms with Crippen LogP contribution >= 0.6 is 34.7 Å². The molecule has 1 aromatic heterocycles. The highest BCUT2D eigenvalue weighted by atomic mass is 35.5. The smallest absolute Gasteiger partial charge is 0.230 e. The highest BCUT2D eigenvalue weighted by molar-refractivity contribution is 8.01. The summed E-state index contributed by atoms with van der Waals surface area (Å²) in [5, 5.41) is 14.5. The molecule has 0 radical (unpaired) electrons. The maximum atomic E-state index is 11.9. The van der Waals surface area contributed by atoms with Crippen molar-refractivity contribution in [2.75, 3.05) is 11.1 Å². The summed E-state index contributed by atoms with van der Waals surface area (Å²) in [5.41, 5.74) is 0.871. The molecule has 6 nitrogen and oxygen atoms in total. The number of amides is 2. The summed E-state index contributed by atoms with van der Waals surface area (Å²) in [6.07, 6.45) is 2.29. The Bertz CT molecular complexity index is 724. The molecular formula is C16H19ClN4O2S2. The Hall–Kier alpha value is -1.64. The van der Waals surface area contributed by atoms with Crippen molar-refractivity contribution in [2.45, 2.75) is 37.1 Å². The Balaban J connectivity index is 1.73. The van der Waals surface area contributed by atoms with Crippen LogP contribution in [0.5, 0.6) is 0 Å². The topological polar surface area (TPSA) is 84.0 Å². The van der Waals surface area contributed by atoms with Gasteiger partial charge in [0.1, 0.15) is 0 Å². The predicted octanol–water partition coefficient (Wildman–Crippen LogP) is 3.73. The summed E-state index contributed by atoms with van der Waals surface area (Å²) in [6.45, 7) is 2.41. The van der Waals surface area contributed by atoms with E-state index < -0.39 is 0 Å². The number of nitrogens with one attached hydrogen (secondary N) is 2. The largest absolute Gasteiger partial charge is 0.351 e. The number of hydrogen-bond acceptors (Lipinski definition) is 6. The molecule has 0 aliphatic rings.